The maximum Gasteiger partial charge on any atom is 0.270 e. The second kappa shape index (κ2) is 5.47. The number of benzene rings is 1. The van der Waals surface area contributed by atoms with Gasteiger partial charge in [-0.15, -0.1) is 0 Å². The van der Waals surface area contributed by atoms with Gasteiger partial charge in [0.15, 0.2) is 0 Å². The van der Waals surface area contributed by atoms with E-state index < -0.39 is 10.7 Å². The van der Waals surface area contributed by atoms with E-state index in [9.17, 15) is 14.5 Å². The van der Waals surface area contributed by atoms with Gasteiger partial charge in [0, 0.05) is 23.9 Å². The Morgan fingerprint density at radius 2 is 2.27 bits per heavy atom. The van der Waals surface area contributed by atoms with Crippen LogP contribution in [0.1, 0.15) is 12.0 Å². The molecular formula is C10H7BrFNO2. The van der Waals surface area contributed by atoms with E-state index in [0.717, 1.165) is 18.2 Å². The predicted octanol–water partition coefficient (Wildman–Crippen LogP) is 2.87. The lowest BCUT2D eigenvalue weighted by atomic mass is 10.2. The largest absolute Gasteiger partial charge is 0.270 e. The molecule has 0 heterocycles. The Bertz CT molecular complexity index is 437. The highest BCUT2D eigenvalue weighted by molar-refractivity contribution is 9.09. The van der Waals surface area contributed by atoms with Crippen LogP contribution in [0.15, 0.2) is 18.2 Å². The van der Waals surface area contributed by atoms with E-state index in [0.29, 0.717) is 11.8 Å². The van der Waals surface area contributed by atoms with E-state index in [-0.39, 0.29) is 11.3 Å². The van der Waals surface area contributed by atoms with Crippen LogP contribution in [0.3, 0.4) is 0 Å². The van der Waals surface area contributed by atoms with Crippen molar-refractivity contribution in [2.75, 3.05) is 5.33 Å². The molecule has 0 saturated heterocycles. The lowest BCUT2D eigenvalue weighted by Gasteiger charge is -1.94. The molecule has 0 aliphatic heterocycles. The molecule has 1 rings (SSSR count). The highest BCUT2D eigenvalue weighted by Crippen LogP contribution is 2.15. The van der Waals surface area contributed by atoms with Gasteiger partial charge >= 0.3 is 0 Å². The number of nitro benzene ring substituents is 1. The molecule has 15 heavy (non-hydrogen) atoms. The molecule has 3 nitrogen and oxygen atoms in total. The number of nitrogens with zero attached hydrogens (tertiary/aromatic N) is 1. The van der Waals surface area contributed by atoms with Crippen LogP contribution < -0.4 is 0 Å². The molecule has 0 N–H and O–H groups in total. The number of hydrogen-bond acceptors (Lipinski definition) is 2. The second-order valence-corrected chi connectivity index (χ2v) is 3.46. The first-order valence-corrected chi connectivity index (χ1v) is 5.26. The van der Waals surface area contributed by atoms with Crippen LogP contribution >= 0.6 is 15.9 Å². The Morgan fingerprint density at radius 1 is 1.53 bits per heavy atom. The average molecular weight is 272 g/mol. The SMILES string of the molecule is O=[N+]([O-])c1ccc(F)c(C#CCCBr)c1. The van der Waals surface area contributed by atoms with E-state index in [1.54, 1.807) is 0 Å². The maximum atomic E-state index is 13.1. The fourth-order valence-electron chi connectivity index (χ4n) is 0.928. The average Bonchev–Trinajstić information content (AvgIpc) is 2.20. The molecule has 0 spiro atoms. The normalized spacial score (nSPS) is 9.20. The summed E-state index contributed by atoms with van der Waals surface area (Å²) in [5, 5.41) is 11.1. The molecule has 0 aromatic heterocycles. The van der Waals surface area contributed by atoms with Gasteiger partial charge in [-0.2, -0.15) is 0 Å². The Morgan fingerprint density at radius 3 is 2.87 bits per heavy atom. The Balaban J connectivity index is 3.02. The summed E-state index contributed by atoms with van der Waals surface area (Å²) in [6, 6.07) is 3.30. The summed E-state index contributed by atoms with van der Waals surface area (Å²) in [4.78, 5) is 9.85. The summed E-state index contributed by atoms with van der Waals surface area (Å²) in [5.41, 5.74) is -0.0929. The number of nitro groups is 1. The molecule has 5 heteroatoms. The lowest BCUT2D eigenvalue weighted by molar-refractivity contribution is -0.384. The first-order valence-electron chi connectivity index (χ1n) is 4.14. The minimum Gasteiger partial charge on any atom is -0.258 e. The zero-order chi connectivity index (χ0) is 11.3. The molecule has 0 fully saturated rings. The summed E-state index contributed by atoms with van der Waals surface area (Å²) in [7, 11) is 0. The van der Waals surface area contributed by atoms with Crippen molar-refractivity contribution in [3.8, 4) is 11.8 Å². The van der Waals surface area contributed by atoms with Crippen LogP contribution in [-0.4, -0.2) is 10.3 Å². The third-order valence-corrected chi connectivity index (χ3v) is 2.00. The number of rotatable bonds is 2. The van der Waals surface area contributed by atoms with E-state index in [1.165, 1.54) is 0 Å². The van der Waals surface area contributed by atoms with Crippen molar-refractivity contribution in [3.05, 3.63) is 39.7 Å². The van der Waals surface area contributed by atoms with E-state index in [4.69, 9.17) is 0 Å². The molecule has 0 amide bonds. The first kappa shape index (κ1) is 11.7. The van der Waals surface area contributed by atoms with Crippen molar-refractivity contribution in [1.29, 1.82) is 0 Å². The van der Waals surface area contributed by atoms with Gasteiger partial charge in [0.05, 0.1) is 10.5 Å². The van der Waals surface area contributed by atoms with Crippen LogP contribution in [-0.2, 0) is 0 Å². The molecular weight excluding hydrogens is 265 g/mol. The zero-order valence-corrected chi connectivity index (χ0v) is 9.25. The van der Waals surface area contributed by atoms with Crippen molar-refractivity contribution >= 4 is 21.6 Å². The Labute approximate surface area is 94.6 Å². The highest BCUT2D eigenvalue weighted by atomic mass is 79.9. The fourth-order valence-corrected chi connectivity index (χ4v) is 1.13. The predicted molar refractivity (Wildman–Crippen MR) is 58.3 cm³/mol. The Hall–Kier alpha value is -1.41. The summed E-state index contributed by atoms with van der Waals surface area (Å²) >= 11 is 3.17. The van der Waals surface area contributed by atoms with Gasteiger partial charge in [0.1, 0.15) is 5.82 Å². The third-order valence-electron chi connectivity index (χ3n) is 1.60. The van der Waals surface area contributed by atoms with Gasteiger partial charge in [-0.25, -0.2) is 4.39 Å². The number of alkyl halides is 1. The van der Waals surface area contributed by atoms with Crippen molar-refractivity contribution < 1.29 is 9.31 Å². The third kappa shape index (κ3) is 3.33. The summed E-state index contributed by atoms with van der Waals surface area (Å²) in [5.74, 6) is 4.71. The minimum absolute atomic E-state index is 0.0603. The summed E-state index contributed by atoms with van der Waals surface area (Å²) in [6.07, 6.45) is 0.572. The van der Waals surface area contributed by atoms with Crippen LogP contribution in [0.2, 0.25) is 0 Å². The second-order valence-electron chi connectivity index (χ2n) is 2.66. The monoisotopic (exact) mass is 271 g/mol. The van der Waals surface area contributed by atoms with Gasteiger partial charge in [-0.3, -0.25) is 10.1 Å². The summed E-state index contributed by atoms with van der Waals surface area (Å²) in [6.45, 7) is 0. The number of non-ortho nitro benzene ring substituents is 1. The smallest absolute Gasteiger partial charge is 0.258 e. The maximum absolute atomic E-state index is 13.1. The van der Waals surface area contributed by atoms with E-state index in [2.05, 4.69) is 27.8 Å². The topological polar surface area (TPSA) is 43.1 Å². The van der Waals surface area contributed by atoms with Gasteiger partial charge in [0.25, 0.3) is 5.69 Å². The van der Waals surface area contributed by atoms with Crippen molar-refractivity contribution in [3.63, 3.8) is 0 Å². The highest BCUT2D eigenvalue weighted by Gasteiger charge is 2.08. The molecule has 0 bridgehead atoms. The molecule has 0 aliphatic rings. The fraction of sp³-hybridized carbons (Fsp3) is 0.200. The zero-order valence-electron chi connectivity index (χ0n) is 7.67. The first-order chi connectivity index (χ1) is 7.15. The molecule has 0 aliphatic carbocycles. The van der Waals surface area contributed by atoms with Crippen LogP contribution in [0.5, 0.6) is 0 Å². The quantitative estimate of drug-likeness (QED) is 0.359. The van der Waals surface area contributed by atoms with Gasteiger partial charge < -0.3 is 0 Å². The van der Waals surface area contributed by atoms with E-state index in [1.807, 2.05) is 0 Å². The molecule has 1 aromatic carbocycles. The molecule has 0 radical (unpaired) electrons. The molecule has 78 valence electrons. The van der Waals surface area contributed by atoms with Gasteiger partial charge in [-0.05, 0) is 6.07 Å². The van der Waals surface area contributed by atoms with Crippen molar-refractivity contribution in [1.82, 2.24) is 0 Å². The molecule has 0 saturated carbocycles. The molecule has 1 aromatic rings. The summed E-state index contributed by atoms with van der Waals surface area (Å²) < 4.78 is 13.1. The van der Waals surface area contributed by atoms with Crippen LogP contribution in [0, 0.1) is 27.8 Å². The van der Waals surface area contributed by atoms with Crippen LogP contribution in [0.4, 0.5) is 10.1 Å². The molecule has 0 unspecified atom stereocenters. The number of halogens is 2. The van der Waals surface area contributed by atoms with E-state index >= 15 is 0 Å². The van der Waals surface area contributed by atoms with Crippen molar-refractivity contribution in [2.24, 2.45) is 0 Å². The number of hydrogen-bond donors (Lipinski definition) is 0. The van der Waals surface area contributed by atoms with Crippen LogP contribution in [0.25, 0.3) is 0 Å². The van der Waals surface area contributed by atoms with Gasteiger partial charge in [-0.1, -0.05) is 27.8 Å². The molecule has 0 atom stereocenters. The standard InChI is InChI=1S/C10H7BrFNO2/c11-6-2-1-3-8-7-9(13(14)15)4-5-10(8)12/h4-5,7H,2,6H2. The lowest BCUT2D eigenvalue weighted by Crippen LogP contribution is -1.91. The van der Waals surface area contributed by atoms with Gasteiger partial charge in [0.2, 0.25) is 0 Å². The minimum atomic E-state index is -0.574. The van der Waals surface area contributed by atoms with Crippen molar-refractivity contribution in [2.45, 2.75) is 6.42 Å². The Kier molecular flexibility index (Phi) is 4.25.